The Hall–Kier alpha value is -0.830. The van der Waals surface area contributed by atoms with Gasteiger partial charge in [-0.3, -0.25) is 4.79 Å². The van der Waals surface area contributed by atoms with Gasteiger partial charge in [-0.1, -0.05) is 67.0 Å². The van der Waals surface area contributed by atoms with Crippen LogP contribution in [-0.2, 0) is 9.53 Å². The number of carbonyl (C=O) groups is 1. The molecule has 11 atom stereocenters. The molecular formula is C32H52O3. The minimum atomic E-state index is -0.385. The molecule has 0 amide bonds. The molecule has 0 saturated heterocycles. The lowest BCUT2D eigenvalue weighted by molar-refractivity contribution is -0.230. The molecule has 1 N–H and O–H groups in total. The lowest BCUT2D eigenvalue weighted by Crippen LogP contribution is -2.67. The van der Waals surface area contributed by atoms with Gasteiger partial charge in [0.05, 0.1) is 6.10 Å². The third-order valence-electron chi connectivity index (χ3n) is 13.6. The number of fused-ring (bicyclic) bond motifs is 7. The van der Waals surface area contributed by atoms with Crippen molar-refractivity contribution in [3.05, 3.63) is 11.6 Å². The summed E-state index contributed by atoms with van der Waals surface area (Å²) in [7, 11) is 0. The normalized spacial score (nSPS) is 54.9. The summed E-state index contributed by atoms with van der Waals surface area (Å²) in [6.07, 6.45) is 11.5. The molecule has 4 fully saturated rings. The van der Waals surface area contributed by atoms with Crippen LogP contribution in [0, 0.1) is 56.7 Å². The highest BCUT2D eigenvalue weighted by molar-refractivity contribution is 5.66. The molecule has 4 saturated carbocycles. The van der Waals surface area contributed by atoms with Gasteiger partial charge in [-0.15, -0.1) is 0 Å². The average Bonchev–Trinajstić information content (AvgIpc) is 2.74. The smallest absolute Gasteiger partial charge is 0.302 e. The molecule has 5 rings (SSSR count). The van der Waals surface area contributed by atoms with Gasteiger partial charge < -0.3 is 9.84 Å². The second-order valence-corrected chi connectivity index (χ2v) is 15.4. The van der Waals surface area contributed by atoms with Crippen molar-refractivity contribution in [2.24, 2.45) is 56.7 Å². The summed E-state index contributed by atoms with van der Waals surface area (Å²) in [6.45, 7) is 21.3. The average molecular weight is 485 g/mol. The van der Waals surface area contributed by atoms with Gasteiger partial charge in [0.1, 0.15) is 6.10 Å². The third-order valence-corrected chi connectivity index (χ3v) is 13.6. The van der Waals surface area contributed by atoms with Crippen LogP contribution >= 0.6 is 0 Å². The third kappa shape index (κ3) is 3.28. The van der Waals surface area contributed by atoms with E-state index in [0.29, 0.717) is 23.2 Å². The van der Waals surface area contributed by atoms with Crippen LogP contribution in [0.5, 0.6) is 0 Å². The van der Waals surface area contributed by atoms with Gasteiger partial charge in [-0.05, 0) is 96.7 Å². The maximum atomic E-state index is 12.1. The van der Waals surface area contributed by atoms with Gasteiger partial charge in [0.15, 0.2) is 0 Å². The second-order valence-electron chi connectivity index (χ2n) is 15.4. The van der Waals surface area contributed by atoms with Crippen molar-refractivity contribution in [2.75, 3.05) is 0 Å². The maximum absolute atomic E-state index is 12.1. The number of aliphatic hydroxyl groups is 1. The van der Waals surface area contributed by atoms with Crippen LogP contribution in [0.15, 0.2) is 11.6 Å². The number of hydrogen-bond acceptors (Lipinski definition) is 3. The van der Waals surface area contributed by atoms with E-state index in [1.165, 1.54) is 25.7 Å². The van der Waals surface area contributed by atoms with E-state index < -0.39 is 0 Å². The first-order chi connectivity index (χ1) is 16.1. The van der Waals surface area contributed by atoms with Crippen molar-refractivity contribution in [2.45, 2.75) is 126 Å². The van der Waals surface area contributed by atoms with E-state index in [1.54, 1.807) is 12.5 Å². The van der Waals surface area contributed by atoms with Crippen molar-refractivity contribution in [1.82, 2.24) is 0 Å². The number of hydrogen-bond donors (Lipinski definition) is 1. The molecule has 0 radical (unpaired) electrons. The van der Waals surface area contributed by atoms with Crippen LogP contribution < -0.4 is 0 Å². The van der Waals surface area contributed by atoms with E-state index in [-0.39, 0.29) is 45.8 Å². The van der Waals surface area contributed by atoms with E-state index in [9.17, 15) is 9.90 Å². The highest BCUT2D eigenvalue weighted by Crippen LogP contribution is 2.75. The van der Waals surface area contributed by atoms with E-state index in [0.717, 1.165) is 31.6 Å². The predicted octanol–water partition coefficient (Wildman–Crippen LogP) is 7.57. The molecule has 0 spiro atoms. The zero-order valence-electron chi connectivity index (χ0n) is 24.0. The summed E-state index contributed by atoms with van der Waals surface area (Å²) >= 11 is 0. The predicted molar refractivity (Wildman–Crippen MR) is 142 cm³/mol. The van der Waals surface area contributed by atoms with Crippen molar-refractivity contribution in [1.29, 1.82) is 0 Å². The van der Waals surface area contributed by atoms with Gasteiger partial charge in [0.2, 0.25) is 0 Å². The Labute approximate surface area is 214 Å². The molecule has 0 aromatic rings. The largest absolute Gasteiger partial charge is 0.462 e. The summed E-state index contributed by atoms with van der Waals surface area (Å²) in [6, 6.07) is 0. The molecule has 0 aromatic heterocycles. The topological polar surface area (TPSA) is 46.5 Å². The molecular weight excluding hydrogens is 432 g/mol. The molecule has 0 aliphatic heterocycles. The second kappa shape index (κ2) is 7.84. The van der Waals surface area contributed by atoms with Crippen LogP contribution in [0.3, 0.4) is 0 Å². The van der Waals surface area contributed by atoms with Crippen molar-refractivity contribution in [3.63, 3.8) is 0 Å². The quantitative estimate of drug-likeness (QED) is 0.308. The SMILES string of the molecule is CC(=O)O[C@@H]1CC[C@]2(C)[C@H]3C(O)C=C4[C@@H]5[C@@H](C)[C@H](C)CC[C@]5(C)CC[C@@]4(C)[C@]3(C)CC[C@H]2C1(C)C. The van der Waals surface area contributed by atoms with E-state index in [2.05, 4.69) is 61.5 Å². The molecule has 35 heavy (non-hydrogen) atoms. The molecule has 0 bridgehead atoms. The first kappa shape index (κ1) is 25.8. The number of allylic oxidation sites excluding steroid dienone is 1. The number of carbonyl (C=O) groups excluding carboxylic acids is 1. The van der Waals surface area contributed by atoms with Crippen LogP contribution in [0.2, 0.25) is 0 Å². The molecule has 0 aromatic carbocycles. The lowest BCUT2D eigenvalue weighted by Gasteiger charge is -2.72. The standard InChI is InChI=1S/C32H52O3/c1-19-10-13-29(6)16-17-31(8)22(26(29)20(19)2)18-23(34)27-30(7)14-12-25(35-21(3)33)28(4,5)24(30)11-15-32(27,31)9/h18-20,23-27,34H,10-17H2,1-9H3/t19-,20+,23?,24+,25-,26+,27-,29-,30+,31-,32-/m1/s1. The van der Waals surface area contributed by atoms with Crippen molar-refractivity contribution < 1.29 is 14.6 Å². The van der Waals surface area contributed by atoms with Crippen LogP contribution in [0.4, 0.5) is 0 Å². The Kier molecular flexibility index (Phi) is 5.78. The van der Waals surface area contributed by atoms with E-state index >= 15 is 0 Å². The monoisotopic (exact) mass is 484 g/mol. The molecule has 5 aliphatic rings. The van der Waals surface area contributed by atoms with E-state index in [4.69, 9.17) is 4.74 Å². The fraction of sp³-hybridized carbons (Fsp3) is 0.906. The summed E-state index contributed by atoms with van der Waals surface area (Å²) in [4.78, 5) is 11.9. The molecule has 198 valence electrons. The fourth-order valence-corrected chi connectivity index (χ4v) is 11.3. The number of ether oxygens (including phenoxy) is 1. The Morgan fingerprint density at radius 2 is 1.63 bits per heavy atom. The van der Waals surface area contributed by atoms with Gasteiger partial charge in [0, 0.05) is 18.3 Å². The van der Waals surface area contributed by atoms with Gasteiger partial charge >= 0.3 is 5.97 Å². The summed E-state index contributed by atoms with van der Waals surface area (Å²) < 4.78 is 5.87. The Morgan fingerprint density at radius 1 is 0.943 bits per heavy atom. The summed E-state index contributed by atoms with van der Waals surface area (Å²) in [5.74, 6) is 2.56. The number of esters is 1. The molecule has 1 unspecified atom stereocenters. The fourth-order valence-electron chi connectivity index (χ4n) is 11.3. The van der Waals surface area contributed by atoms with Gasteiger partial charge in [0.25, 0.3) is 0 Å². The Balaban J connectivity index is 1.58. The van der Waals surface area contributed by atoms with E-state index in [1.807, 2.05) is 0 Å². The number of aliphatic hydroxyl groups excluding tert-OH is 1. The van der Waals surface area contributed by atoms with Crippen LogP contribution in [0.1, 0.15) is 114 Å². The van der Waals surface area contributed by atoms with Gasteiger partial charge in [-0.25, -0.2) is 0 Å². The zero-order chi connectivity index (χ0) is 25.8. The Bertz CT molecular complexity index is 920. The van der Waals surface area contributed by atoms with Crippen molar-refractivity contribution in [3.8, 4) is 0 Å². The van der Waals surface area contributed by atoms with Crippen LogP contribution in [0.25, 0.3) is 0 Å². The number of rotatable bonds is 1. The molecule has 3 heteroatoms. The van der Waals surface area contributed by atoms with Crippen molar-refractivity contribution >= 4 is 5.97 Å². The molecule has 0 heterocycles. The first-order valence-electron chi connectivity index (χ1n) is 14.7. The summed E-state index contributed by atoms with van der Waals surface area (Å²) in [5, 5.41) is 12.1. The molecule has 5 aliphatic carbocycles. The maximum Gasteiger partial charge on any atom is 0.302 e. The minimum absolute atomic E-state index is 0.0233. The first-order valence-corrected chi connectivity index (χ1v) is 14.7. The highest BCUT2D eigenvalue weighted by atomic mass is 16.5. The summed E-state index contributed by atoms with van der Waals surface area (Å²) in [5.41, 5.74) is 2.20. The minimum Gasteiger partial charge on any atom is -0.462 e. The zero-order valence-corrected chi connectivity index (χ0v) is 24.0. The molecule has 3 nitrogen and oxygen atoms in total. The Morgan fingerprint density at radius 3 is 2.29 bits per heavy atom. The lowest BCUT2D eigenvalue weighted by atomic mass is 9.33. The van der Waals surface area contributed by atoms with Gasteiger partial charge in [-0.2, -0.15) is 0 Å². The highest BCUT2D eigenvalue weighted by Gasteiger charge is 2.70. The van der Waals surface area contributed by atoms with Crippen LogP contribution in [-0.4, -0.2) is 23.3 Å².